The van der Waals surface area contributed by atoms with Crippen LogP contribution in [0.2, 0.25) is 0 Å². The Balaban J connectivity index is 1.96. The second-order valence-electron chi connectivity index (χ2n) is 6.71. The van der Waals surface area contributed by atoms with Crippen molar-refractivity contribution in [3.8, 4) is 0 Å². The van der Waals surface area contributed by atoms with Crippen molar-refractivity contribution in [2.45, 2.75) is 30.5 Å². The molecule has 0 unspecified atom stereocenters. The van der Waals surface area contributed by atoms with Crippen LogP contribution in [0.1, 0.15) is 24.8 Å². The summed E-state index contributed by atoms with van der Waals surface area (Å²) in [5.41, 5.74) is -0.778. The zero-order chi connectivity index (χ0) is 14.9. The van der Waals surface area contributed by atoms with Gasteiger partial charge in [0.2, 0.25) is 0 Å². The normalized spacial score (nSPS) is 33.8. The molecule has 2 atom stereocenters. The molecule has 4 nitrogen and oxygen atoms in total. The van der Waals surface area contributed by atoms with Gasteiger partial charge in [0, 0.05) is 19.0 Å². The van der Waals surface area contributed by atoms with Crippen LogP contribution in [-0.2, 0) is 5.60 Å². The van der Waals surface area contributed by atoms with E-state index >= 15 is 0 Å². The molecular weight excluding hydrogens is 264 g/mol. The van der Waals surface area contributed by atoms with E-state index in [2.05, 4.69) is 17.3 Å². The molecule has 1 aromatic carbocycles. The van der Waals surface area contributed by atoms with Crippen LogP contribution in [0, 0.1) is 5.92 Å². The van der Waals surface area contributed by atoms with Crippen LogP contribution in [0.4, 0.5) is 0 Å². The second-order valence-corrected chi connectivity index (χ2v) is 6.71. The number of nitrogens with one attached hydrogen (secondary N) is 1. The van der Waals surface area contributed by atoms with E-state index in [9.17, 15) is 10.2 Å². The molecule has 2 aliphatic heterocycles. The van der Waals surface area contributed by atoms with Crippen LogP contribution in [0.25, 0.3) is 0 Å². The maximum absolute atomic E-state index is 11.4. The van der Waals surface area contributed by atoms with Gasteiger partial charge in [0.25, 0.3) is 0 Å². The highest BCUT2D eigenvalue weighted by Gasteiger charge is 2.52. The molecule has 0 spiro atoms. The summed E-state index contributed by atoms with van der Waals surface area (Å²) in [5, 5.41) is 25.9. The first-order valence-electron chi connectivity index (χ1n) is 7.94. The number of hydrogen-bond donors (Lipinski definition) is 3. The number of benzene rings is 1. The van der Waals surface area contributed by atoms with Gasteiger partial charge in [0.15, 0.2) is 0 Å². The summed E-state index contributed by atoms with van der Waals surface area (Å²) in [5.74, 6) is -0.145. The molecule has 2 aliphatic rings. The lowest BCUT2D eigenvalue weighted by molar-refractivity contribution is -0.170. The van der Waals surface area contributed by atoms with Gasteiger partial charge in [0.1, 0.15) is 0 Å². The van der Waals surface area contributed by atoms with Crippen LogP contribution in [0.3, 0.4) is 0 Å². The molecule has 0 aromatic heterocycles. The highest BCUT2D eigenvalue weighted by molar-refractivity contribution is 5.26. The summed E-state index contributed by atoms with van der Waals surface area (Å²) in [6, 6.07) is 9.88. The minimum Gasteiger partial charge on any atom is -0.389 e. The molecule has 0 aliphatic carbocycles. The molecule has 1 aromatic rings. The Morgan fingerprint density at radius 3 is 2.43 bits per heavy atom. The Labute approximate surface area is 126 Å². The fourth-order valence-corrected chi connectivity index (χ4v) is 3.98. The molecule has 2 saturated heterocycles. The zero-order valence-corrected chi connectivity index (χ0v) is 12.8. The molecule has 2 heterocycles. The van der Waals surface area contributed by atoms with Gasteiger partial charge >= 0.3 is 0 Å². The lowest BCUT2D eigenvalue weighted by Gasteiger charge is -2.52. The fraction of sp³-hybridized carbons (Fsp3) is 0.647. The van der Waals surface area contributed by atoms with Crippen molar-refractivity contribution >= 4 is 0 Å². The van der Waals surface area contributed by atoms with Crippen molar-refractivity contribution in [3.63, 3.8) is 0 Å². The van der Waals surface area contributed by atoms with Gasteiger partial charge in [-0.1, -0.05) is 30.3 Å². The topological polar surface area (TPSA) is 55.7 Å². The number of nitrogens with zero attached hydrogens (tertiary/aromatic N) is 1. The molecule has 2 fully saturated rings. The fourth-order valence-electron chi connectivity index (χ4n) is 3.98. The maximum Gasteiger partial charge on any atom is 0.0976 e. The number of aliphatic hydroxyl groups is 2. The Bertz CT molecular complexity index is 473. The van der Waals surface area contributed by atoms with Crippen molar-refractivity contribution in [2.24, 2.45) is 5.92 Å². The van der Waals surface area contributed by atoms with Gasteiger partial charge in [-0.2, -0.15) is 0 Å². The molecule has 116 valence electrons. The number of rotatable bonds is 2. The predicted molar refractivity (Wildman–Crippen MR) is 83.0 cm³/mol. The first kappa shape index (κ1) is 15.0. The number of piperidine rings is 2. The molecule has 0 radical (unpaired) electrons. The van der Waals surface area contributed by atoms with E-state index in [0.717, 1.165) is 31.7 Å². The monoisotopic (exact) mass is 290 g/mol. The Morgan fingerprint density at radius 2 is 1.76 bits per heavy atom. The minimum absolute atomic E-state index is 0.145. The SMILES string of the molecule is CN1CC[C@@](O)(c2ccccc2)[C@H](C2(O)CCNCC2)C1. The molecule has 0 bridgehead atoms. The standard InChI is InChI=1S/C17H26N2O2/c1-19-12-9-17(21,14-5-3-2-4-6-14)15(13-19)16(20)7-10-18-11-8-16/h2-6,15,18,20-21H,7-13H2,1H3/t15-,17+/m0/s1. The van der Waals surface area contributed by atoms with Crippen LogP contribution in [0.5, 0.6) is 0 Å². The van der Waals surface area contributed by atoms with Crippen molar-refractivity contribution in [3.05, 3.63) is 35.9 Å². The lowest BCUT2D eigenvalue weighted by atomic mass is 9.65. The highest BCUT2D eigenvalue weighted by Crippen LogP contribution is 2.45. The number of hydrogen-bond acceptors (Lipinski definition) is 4. The van der Waals surface area contributed by atoms with Gasteiger partial charge in [-0.3, -0.25) is 0 Å². The second kappa shape index (κ2) is 5.69. The Kier molecular flexibility index (Phi) is 4.06. The third kappa shape index (κ3) is 2.73. The summed E-state index contributed by atoms with van der Waals surface area (Å²) in [7, 11) is 2.07. The van der Waals surface area contributed by atoms with E-state index in [1.807, 2.05) is 30.3 Å². The maximum atomic E-state index is 11.4. The lowest BCUT2D eigenvalue weighted by Crippen LogP contribution is -2.61. The third-order valence-corrected chi connectivity index (χ3v) is 5.34. The van der Waals surface area contributed by atoms with E-state index in [1.54, 1.807) is 0 Å². The molecule has 0 saturated carbocycles. The average Bonchev–Trinajstić information content (AvgIpc) is 2.51. The molecule has 21 heavy (non-hydrogen) atoms. The summed E-state index contributed by atoms with van der Waals surface area (Å²) >= 11 is 0. The third-order valence-electron chi connectivity index (χ3n) is 5.34. The molecule has 3 rings (SSSR count). The zero-order valence-electron chi connectivity index (χ0n) is 12.8. The number of likely N-dealkylation sites (tertiary alicyclic amines) is 1. The Morgan fingerprint density at radius 1 is 1.10 bits per heavy atom. The van der Waals surface area contributed by atoms with Crippen LogP contribution in [0.15, 0.2) is 30.3 Å². The molecule has 0 amide bonds. The highest BCUT2D eigenvalue weighted by atomic mass is 16.3. The molecule has 3 N–H and O–H groups in total. The Hall–Kier alpha value is -0.940. The van der Waals surface area contributed by atoms with Gasteiger partial charge in [0.05, 0.1) is 11.2 Å². The predicted octanol–water partition coefficient (Wildman–Crippen LogP) is 0.940. The molecule has 4 heteroatoms. The van der Waals surface area contributed by atoms with Crippen LogP contribution in [-0.4, -0.2) is 53.9 Å². The van der Waals surface area contributed by atoms with Crippen molar-refractivity contribution < 1.29 is 10.2 Å². The average molecular weight is 290 g/mol. The van der Waals surface area contributed by atoms with Crippen molar-refractivity contribution in [1.29, 1.82) is 0 Å². The quantitative estimate of drug-likeness (QED) is 0.759. The van der Waals surface area contributed by atoms with Gasteiger partial charge in [-0.15, -0.1) is 0 Å². The van der Waals surface area contributed by atoms with E-state index in [0.29, 0.717) is 19.3 Å². The van der Waals surface area contributed by atoms with Gasteiger partial charge in [-0.25, -0.2) is 0 Å². The van der Waals surface area contributed by atoms with E-state index in [1.165, 1.54) is 0 Å². The first-order valence-corrected chi connectivity index (χ1v) is 7.94. The van der Waals surface area contributed by atoms with Crippen LogP contribution >= 0.6 is 0 Å². The molecular formula is C17H26N2O2. The smallest absolute Gasteiger partial charge is 0.0976 e. The van der Waals surface area contributed by atoms with E-state index in [4.69, 9.17) is 0 Å². The largest absolute Gasteiger partial charge is 0.389 e. The minimum atomic E-state index is -0.931. The van der Waals surface area contributed by atoms with Crippen molar-refractivity contribution in [1.82, 2.24) is 10.2 Å². The van der Waals surface area contributed by atoms with Gasteiger partial charge in [-0.05, 0) is 45.0 Å². The van der Waals surface area contributed by atoms with Crippen molar-refractivity contribution in [2.75, 3.05) is 33.2 Å². The first-order chi connectivity index (χ1) is 10.0. The summed E-state index contributed by atoms with van der Waals surface area (Å²) in [6.45, 7) is 3.24. The summed E-state index contributed by atoms with van der Waals surface area (Å²) < 4.78 is 0. The van der Waals surface area contributed by atoms with E-state index in [-0.39, 0.29) is 5.92 Å². The summed E-state index contributed by atoms with van der Waals surface area (Å²) in [4.78, 5) is 2.22. The van der Waals surface area contributed by atoms with E-state index < -0.39 is 11.2 Å². The van der Waals surface area contributed by atoms with Crippen LogP contribution < -0.4 is 5.32 Å². The summed E-state index contributed by atoms with van der Waals surface area (Å²) in [6.07, 6.45) is 2.09. The van der Waals surface area contributed by atoms with Gasteiger partial charge < -0.3 is 20.4 Å².